The van der Waals surface area contributed by atoms with Crippen LogP contribution in [-0.4, -0.2) is 24.2 Å². The van der Waals surface area contributed by atoms with Gasteiger partial charge in [-0.2, -0.15) is 0 Å². The normalized spacial score (nSPS) is 10.8. The van der Waals surface area contributed by atoms with E-state index in [2.05, 4.69) is 4.98 Å². The van der Waals surface area contributed by atoms with Crippen LogP contribution in [0.1, 0.15) is 0 Å². The van der Waals surface area contributed by atoms with E-state index in [1.54, 1.807) is 44.6 Å². The van der Waals surface area contributed by atoms with Crippen LogP contribution in [0.25, 0.3) is 33.9 Å². The summed E-state index contributed by atoms with van der Waals surface area (Å²) in [5.41, 5.74) is 3.60. The Morgan fingerprint density at radius 3 is 1.72 bits per heavy atom. The van der Waals surface area contributed by atoms with Crippen LogP contribution in [0.4, 0.5) is 8.78 Å². The lowest BCUT2D eigenvalue weighted by Gasteiger charge is -2.06. The molecule has 0 fully saturated rings. The van der Waals surface area contributed by atoms with E-state index in [1.807, 2.05) is 12.1 Å². The Balaban J connectivity index is 1.90. The van der Waals surface area contributed by atoms with Gasteiger partial charge >= 0.3 is 0 Å². The van der Waals surface area contributed by atoms with Crippen LogP contribution >= 0.6 is 0 Å². The predicted molar refractivity (Wildman–Crippen MR) is 108 cm³/mol. The van der Waals surface area contributed by atoms with E-state index in [4.69, 9.17) is 14.5 Å². The van der Waals surface area contributed by atoms with Crippen LogP contribution in [-0.2, 0) is 0 Å². The van der Waals surface area contributed by atoms with Crippen molar-refractivity contribution in [3.8, 4) is 45.4 Å². The fourth-order valence-corrected chi connectivity index (χ4v) is 3.10. The topological polar surface area (TPSA) is 47.1 Å². The summed E-state index contributed by atoms with van der Waals surface area (Å²) in [6.45, 7) is 0. The molecule has 3 aromatic carbocycles. The third kappa shape index (κ3) is 3.82. The van der Waals surface area contributed by atoms with Crippen LogP contribution in [0.15, 0.2) is 66.7 Å². The van der Waals surface area contributed by atoms with E-state index in [0.717, 1.165) is 16.7 Å². The maximum Gasteiger partial charge on any atom is 0.138 e. The summed E-state index contributed by atoms with van der Waals surface area (Å²) < 4.78 is 37.5. The second-order valence-electron chi connectivity index (χ2n) is 6.42. The number of hydrogen-bond donors (Lipinski definition) is 1. The van der Waals surface area contributed by atoms with E-state index in [-0.39, 0.29) is 11.6 Å². The van der Waals surface area contributed by atoms with E-state index in [0.29, 0.717) is 28.7 Å². The highest BCUT2D eigenvalue weighted by molar-refractivity contribution is 5.81. The molecule has 4 rings (SSSR count). The molecule has 1 N–H and O–H groups in total. The Hall–Kier alpha value is -3.67. The second kappa shape index (κ2) is 7.75. The molecule has 1 aromatic heterocycles. The molecular formula is C23H18F2N2O2. The average Bonchev–Trinajstić information content (AvgIpc) is 3.20. The Morgan fingerprint density at radius 1 is 0.690 bits per heavy atom. The van der Waals surface area contributed by atoms with Crippen molar-refractivity contribution >= 4 is 0 Å². The molecule has 0 saturated heterocycles. The third-order valence-corrected chi connectivity index (χ3v) is 4.58. The van der Waals surface area contributed by atoms with E-state index in [1.165, 1.54) is 24.3 Å². The first-order chi connectivity index (χ1) is 14.1. The fraction of sp³-hybridized carbons (Fsp3) is 0.0870. The lowest BCUT2D eigenvalue weighted by atomic mass is 10.1. The number of ether oxygens (including phenoxy) is 2. The first-order valence-corrected chi connectivity index (χ1v) is 8.92. The Kier molecular flexibility index (Phi) is 4.99. The smallest absolute Gasteiger partial charge is 0.138 e. The maximum atomic E-state index is 13.4. The number of aromatic amines is 1. The first kappa shape index (κ1) is 18.7. The Bertz CT molecular complexity index is 1050. The van der Waals surface area contributed by atoms with Gasteiger partial charge in [0, 0.05) is 22.8 Å². The zero-order chi connectivity index (χ0) is 20.4. The van der Waals surface area contributed by atoms with E-state index < -0.39 is 0 Å². The molecule has 0 radical (unpaired) electrons. The number of hydrogen-bond acceptors (Lipinski definition) is 3. The highest BCUT2D eigenvalue weighted by Crippen LogP contribution is 2.35. The van der Waals surface area contributed by atoms with Crippen molar-refractivity contribution in [2.75, 3.05) is 14.2 Å². The molecule has 0 unspecified atom stereocenters. The van der Waals surface area contributed by atoms with E-state index >= 15 is 0 Å². The molecule has 0 bridgehead atoms. The largest absolute Gasteiger partial charge is 0.497 e. The molecule has 0 spiro atoms. The van der Waals surface area contributed by atoms with Gasteiger partial charge in [0.25, 0.3) is 0 Å². The number of halogens is 2. The number of benzene rings is 3. The van der Waals surface area contributed by atoms with Crippen LogP contribution in [0.2, 0.25) is 0 Å². The summed E-state index contributed by atoms with van der Waals surface area (Å²) in [5.74, 6) is 1.19. The number of methoxy groups -OCH3 is 2. The molecule has 0 atom stereocenters. The first-order valence-electron chi connectivity index (χ1n) is 8.92. The number of aromatic nitrogens is 2. The predicted octanol–water partition coefficient (Wildman–Crippen LogP) is 5.71. The summed E-state index contributed by atoms with van der Waals surface area (Å²) in [7, 11) is 3.16. The number of nitrogens with one attached hydrogen (secondary N) is 1. The summed E-state index contributed by atoms with van der Waals surface area (Å²) in [6, 6.07) is 17.7. The highest BCUT2D eigenvalue weighted by atomic mass is 19.1. The highest BCUT2D eigenvalue weighted by Gasteiger charge is 2.17. The number of nitrogens with zero attached hydrogens (tertiary/aromatic N) is 1. The van der Waals surface area contributed by atoms with Gasteiger partial charge in [-0.15, -0.1) is 0 Å². The van der Waals surface area contributed by atoms with Gasteiger partial charge in [0.05, 0.1) is 25.6 Å². The van der Waals surface area contributed by atoms with Crippen molar-refractivity contribution in [3.05, 3.63) is 78.4 Å². The lowest BCUT2D eigenvalue weighted by molar-refractivity contribution is 0.394. The second-order valence-corrected chi connectivity index (χ2v) is 6.42. The maximum absolute atomic E-state index is 13.4. The standard InChI is InChI=1S/C23H18F2N2O2/c1-28-19-11-16(12-20(13-19)29-2)23-26-21(14-3-7-17(24)8-4-14)22(27-23)15-5-9-18(25)10-6-15/h3-13H,1-2H3,(H,26,27). The molecule has 0 aliphatic rings. The zero-order valence-corrected chi connectivity index (χ0v) is 15.9. The molecule has 4 nitrogen and oxygen atoms in total. The minimum absolute atomic E-state index is 0.325. The van der Waals surface area contributed by atoms with Crippen molar-refractivity contribution < 1.29 is 18.3 Å². The van der Waals surface area contributed by atoms with Crippen molar-refractivity contribution in [2.24, 2.45) is 0 Å². The van der Waals surface area contributed by atoms with Crippen LogP contribution in [0.3, 0.4) is 0 Å². The SMILES string of the molecule is COc1cc(OC)cc(-c2nc(-c3ccc(F)cc3)c(-c3ccc(F)cc3)[nH]2)c1. The summed E-state index contributed by atoms with van der Waals surface area (Å²) in [4.78, 5) is 8.06. The van der Waals surface area contributed by atoms with Gasteiger partial charge in [0.15, 0.2) is 0 Å². The lowest BCUT2D eigenvalue weighted by Crippen LogP contribution is -1.90. The summed E-state index contributed by atoms with van der Waals surface area (Å²) in [5, 5.41) is 0. The van der Waals surface area contributed by atoms with Crippen molar-refractivity contribution in [1.82, 2.24) is 9.97 Å². The number of H-pyrrole nitrogens is 1. The quantitative estimate of drug-likeness (QED) is 0.473. The van der Waals surface area contributed by atoms with Gasteiger partial charge in [-0.3, -0.25) is 0 Å². The summed E-state index contributed by atoms with van der Waals surface area (Å²) >= 11 is 0. The van der Waals surface area contributed by atoms with Crippen molar-refractivity contribution in [1.29, 1.82) is 0 Å². The monoisotopic (exact) mass is 392 g/mol. The Morgan fingerprint density at radius 2 is 1.21 bits per heavy atom. The minimum atomic E-state index is -0.328. The third-order valence-electron chi connectivity index (χ3n) is 4.58. The molecule has 4 aromatic rings. The molecule has 0 aliphatic carbocycles. The van der Waals surface area contributed by atoms with Gasteiger partial charge in [0.1, 0.15) is 29.0 Å². The molecule has 0 aliphatic heterocycles. The molecule has 6 heteroatoms. The molecule has 0 amide bonds. The van der Waals surface area contributed by atoms with Gasteiger partial charge in [0.2, 0.25) is 0 Å². The summed E-state index contributed by atoms with van der Waals surface area (Å²) in [6.07, 6.45) is 0. The molecule has 146 valence electrons. The number of rotatable bonds is 5. The molecule has 1 heterocycles. The van der Waals surface area contributed by atoms with Crippen LogP contribution < -0.4 is 9.47 Å². The molecule has 29 heavy (non-hydrogen) atoms. The Labute approximate surface area is 166 Å². The van der Waals surface area contributed by atoms with Gasteiger partial charge in [-0.1, -0.05) is 0 Å². The van der Waals surface area contributed by atoms with Gasteiger partial charge < -0.3 is 14.5 Å². The van der Waals surface area contributed by atoms with Crippen LogP contribution in [0, 0.1) is 11.6 Å². The van der Waals surface area contributed by atoms with Crippen molar-refractivity contribution in [3.63, 3.8) is 0 Å². The molecule has 0 saturated carbocycles. The van der Waals surface area contributed by atoms with Crippen LogP contribution in [0.5, 0.6) is 11.5 Å². The minimum Gasteiger partial charge on any atom is -0.497 e. The van der Waals surface area contributed by atoms with Gasteiger partial charge in [-0.05, 0) is 60.7 Å². The molecular weight excluding hydrogens is 374 g/mol. The number of imidazole rings is 1. The van der Waals surface area contributed by atoms with Crippen molar-refractivity contribution in [2.45, 2.75) is 0 Å². The zero-order valence-electron chi connectivity index (χ0n) is 15.9. The van der Waals surface area contributed by atoms with Gasteiger partial charge in [-0.25, -0.2) is 13.8 Å². The fourth-order valence-electron chi connectivity index (χ4n) is 3.10. The van der Waals surface area contributed by atoms with E-state index in [9.17, 15) is 8.78 Å². The average molecular weight is 392 g/mol.